The molecule has 9 nitrogen and oxygen atoms in total. The summed E-state index contributed by atoms with van der Waals surface area (Å²) in [6.45, 7) is 2.64. The highest BCUT2D eigenvalue weighted by Gasteiger charge is 2.59. The van der Waals surface area contributed by atoms with Gasteiger partial charge in [0.15, 0.2) is 0 Å². The Kier molecular flexibility index (Phi) is 6.47. The van der Waals surface area contributed by atoms with Crippen LogP contribution in [0.5, 0.6) is 0 Å². The second kappa shape index (κ2) is 8.73. The molecule has 1 aromatic carbocycles. The minimum atomic E-state index is -3.33. The maximum atomic E-state index is 12.6. The predicted octanol–water partition coefficient (Wildman–Crippen LogP) is -0.100. The van der Waals surface area contributed by atoms with E-state index in [9.17, 15) is 22.8 Å². The summed E-state index contributed by atoms with van der Waals surface area (Å²) >= 11 is 0. The zero-order chi connectivity index (χ0) is 22.1. The van der Waals surface area contributed by atoms with Crippen molar-refractivity contribution < 1.29 is 22.8 Å². The number of nitrogens with one attached hydrogen (secondary N) is 2. The van der Waals surface area contributed by atoms with Gasteiger partial charge in [-0.05, 0) is 29.5 Å². The van der Waals surface area contributed by atoms with Crippen LogP contribution in [0.4, 0.5) is 5.69 Å². The molecule has 2 fully saturated rings. The summed E-state index contributed by atoms with van der Waals surface area (Å²) in [5.74, 6) is -0.200. The van der Waals surface area contributed by atoms with Crippen molar-refractivity contribution in [1.82, 2.24) is 14.5 Å². The highest BCUT2D eigenvalue weighted by atomic mass is 32.2. The van der Waals surface area contributed by atoms with E-state index in [4.69, 9.17) is 0 Å². The lowest BCUT2D eigenvalue weighted by Gasteiger charge is -2.20. The quantitative estimate of drug-likeness (QED) is 0.590. The van der Waals surface area contributed by atoms with Crippen molar-refractivity contribution in [2.45, 2.75) is 13.3 Å². The third-order valence-electron chi connectivity index (χ3n) is 5.69. The van der Waals surface area contributed by atoms with Crippen molar-refractivity contribution in [2.75, 3.05) is 44.8 Å². The van der Waals surface area contributed by atoms with Crippen LogP contribution in [0.1, 0.15) is 12.5 Å². The van der Waals surface area contributed by atoms with Gasteiger partial charge < -0.3 is 15.5 Å². The first-order valence-electron chi connectivity index (χ1n) is 9.90. The highest BCUT2D eigenvalue weighted by Crippen LogP contribution is 2.51. The number of fused-ring (bicyclic) bond motifs is 1. The average molecular weight is 437 g/mol. The monoisotopic (exact) mass is 436 g/mol. The van der Waals surface area contributed by atoms with E-state index in [1.54, 1.807) is 17.0 Å². The molecule has 2 N–H and O–H groups in total. The first-order chi connectivity index (χ1) is 14.1. The Bertz CT molecular complexity index is 917. The van der Waals surface area contributed by atoms with Crippen LogP contribution in [0.15, 0.2) is 24.3 Å². The molecular formula is C20H28N4O5S. The average Bonchev–Trinajstić information content (AvgIpc) is 3.16. The van der Waals surface area contributed by atoms with E-state index >= 15 is 0 Å². The van der Waals surface area contributed by atoms with E-state index in [0.29, 0.717) is 18.8 Å². The van der Waals surface area contributed by atoms with Crippen LogP contribution in [-0.2, 0) is 30.8 Å². The fourth-order valence-corrected chi connectivity index (χ4v) is 4.64. The largest absolute Gasteiger partial charge is 0.355 e. The lowest BCUT2D eigenvalue weighted by molar-refractivity contribution is -0.131. The zero-order valence-electron chi connectivity index (χ0n) is 17.4. The molecule has 164 valence electrons. The van der Waals surface area contributed by atoms with E-state index in [2.05, 4.69) is 10.6 Å². The molecule has 10 heteroatoms. The zero-order valence-corrected chi connectivity index (χ0v) is 18.2. The maximum Gasteiger partial charge on any atom is 0.227 e. The summed E-state index contributed by atoms with van der Waals surface area (Å²) in [6.07, 6.45) is 0.277. The summed E-state index contributed by atoms with van der Waals surface area (Å²) in [4.78, 5) is 37.7. The topological polar surface area (TPSA) is 116 Å². The van der Waals surface area contributed by atoms with Gasteiger partial charge in [-0.3, -0.25) is 14.4 Å². The molecule has 2 aliphatic rings. The summed E-state index contributed by atoms with van der Waals surface area (Å²) in [7, 11) is -0.404. The summed E-state index contributed by atoms with van der Waals surface area (Å²) in [5, 5.41) is 5.40. The van der Waals surface area contributed by atoms with Gasteiger partial charge in [0.25, 0.3) is 0 Å². The molecule has 1 aromatic rings. The van der Waals surface area contributed by atoms with Crippen molar-refractivity contribution in [3.05, 3.63) is 29.8 Å². The molecule has 1 aliphatic heterocycles. The van der Waals surface area contributed by atoms with Crippen LogP contribution in [0.3, 0.4) is 0 Å². The van der Waals surface area contributed by atoms with Crippen molar-refractivity contribution in [3.8, 4) is 0 Å². The smallest absolute Gasteiger partial charge is 0.227 e. The van der Waals surface area contributed by atoms with Crippen molar-refractivity contribution >= 4 is 33.4 Å². The van der Waals surface area contributed by atoms with Gasteiger partial charge >= 0.3 is 0 Å². The normalized spacial score (nSPS) is 22.5. The Balaban J connectivity index is 1.42. The van der Waals surface area contributed by atoms with Crippen LogP contribution in [-0.4, -0.2) is 74.8 Å². The number of carbonyl (C=O) groups is 3. The number of benzene rings is 1. The highest BCUT2D eigenvalue weighted by molar-refractivity contribution is 7.89. The van der Waals surface area contributed by atoms with Crippen LogP contribution < -0.4 is 10.6 Å². The molecule has 0 aromatic heterocycles. The SMILES string of the molecule is CC(=O)Nc1ccc(CC(=O)N2C[C@@H]3C(C(=O)NCCS(=O)(=O)N(C)C)[C@@H]3C2)cc1. The van der Waals surface area contributed by atoms with Crippen LogP contribution in [0.25, 0.3) is 0 Å². The number of rotatable bonds is 8. The molecule has 30 heavy (non-hydrogen) atoms. The van der Waals surface area contributed by atoms with E-state index in [1.807, 2.05) is 12.1 Å². The fraction of sp³-hybridized carbons (Fsp3) is 0.550. The fourth-order valence-electron chi connectivity index (χ4n) is 3.92. The van der Waals surface area contributed by atoms with Crippen LogP contribution in [0, 0.1) is 17.8 Å². The standard InChI is InChI=1S/C20H28N4O5S/c1-13(25)22-15-6-4-14(5-7-15)10-18(26)24-11-16-17(12-24)19(16)20(27)21-8-9-30(28,29)23(2)3/h4-7,16-17,19H,8-12H2,1-3H3,(H,21,27)(H,22,25)/t16-,17+,19?. The lowest BCUT2D eigenvalue weighted by atomic mass is 10.1. The molecule has 1 saturated carbocycles. The summed E-state index contributed by atoms with van der Waals surface area (Å²) < 4.78 is 24.6. The summed E-state index contributed by atoms with van der Waals surface area (Å²) in [5.41, 5.74) is 1.56. The molecule has 1 saturated heterocycles. The molecule has 0 spiro atoms. The number of amides is 3. The first kappa shape index (κ1) is 22.2. The number of piperidine rings is 1. The third-order valence-corrected chi connectivity index (χ3v) is 7.53. The Labute approximate surface area is 176 Å². The second-order valence-corrected chi connectivity index (χ2v) is 10.4. The molecule has 1 heterocycles. The first-order valence-corrected chi connectivity index (χ1v) is 11.5. The molecule has 0 bridgehead atoms. The molecule has 1 aliphatic carbocycles. The van der Waals surface area contributed by atoms with Gasteiger partial charge in [-0.15, -0.1) is 0 Å². The predicted molar refractivity (Wildman–Crippen MR) is 112 cm³/mol. The summed E-state index contributed by atoms with van der Waals surface area (Å²) in [6, 6.07) is 7.17. The Morgan fingerprint density at radius 3 is 2.23 bits per heavy atom. The molecule has 0 radical (unpaired) electrons. The Morgan fingerprint density at radius 2 is 1.70 bits per heavy atom. The molecular weight excluding hydrogens is 408 g/mol. The number of carbonyl (C=O) groups excluding carboxylic acids is 3. The second-order valence-electron chi connectivity index (χ2n) is 8.10. The molecule has 3 rings (SSSR count). The minimum Gasteiger partial charge on any atom is -0.355 e. The van der Waals surface area contributed by atoms with E-state index in [0.717, 1.165) is 9.87 Å². The van der Waals surface area contributed by atoms with E-state index in [1.165, 1.54) is 21.0 Å². The van der Waals surface area contributed by atoms with Gasteiger partial charge in [-0.1, -0.05) is 12.1 Å². The van der Waals surface area contributed by atoms with Crippen LogP contribution in [0.2, 0.25) is 0 Å². The Hall–Kier alpha value is -2.46. The van der Waals surface area contributed by atoms with Crippen molar-refractivity contribution in [2.24, 2.45) is 17.8 Å². The van der Waals surface area contributed by atoms with Gasteiger partial charge in [0.05, 0.1) is 12.2 Å². The minimum absolute atomic E-state index is 0.0192. The number of sulfonamides is 1. The number of hydrogen-bond acceptors (Lipinski definition) is 5. The lowest BCUT2D eigenvalue weighted by Crippen LogP contribution is -2.38. The Morgan fingerprint density at radius 1 is 1.10 bits per heavy atom. The van der Waals surface area contributed by atoms with E-state index < -0.39 is 10.0 Å². The third kappa shape index (κ3) is 5.17. The van der Waals surface area contributed by atoms with Gasteiger partial charge in [0.1, 0.15) is 0 Å². The van der Waals surface area contributed by atoms with Gasteiger partial charge in [-0.25, -0.2) is 12.7 Å². The number of likely N-dealkylation sites (tertiary alicyclic amines) is 1. The van der Waals surface area contributed by atoms with Crippen molar-refractivity contribution in [1.29, 1.82) is 0 Å². The molecule has 3 amide bonds. The van der Waals surface area contributed by atoms with Gasteiger partial charge in [0.2, 0.25) is 27.7 Å². The van der Waals surface area contributed by atoms with Gasteiger partial charge in [-0.2, -0.15) is 0 Å². The maximum absolute atomic E-state index is 12.6. The van der Waals surface area contributed by atoms with Crippen LogP contribution >= 0.6 is 0 Å². The number of nitrogens with zero attached hydrogens (tertiary/aromatic N) is 2. The molecule has 1 unspecified atom stereocenters. The van der Waals surface area contributed by atoms with Crippen molar-refractivity contribution in [3.63, 3.8) is 0 Å². The van der Waals surface area contributed by atoms with Gasteiger partial charge in [0, 0.05) is 52.3 Å². The number of anilines is 1. The molecule has 3 atom stereocenters. The number of hydrogen-bond donors (Lipinski definition) is 2. The van der Waals surface area contributed by atoms with E-state index in [-0.39, 0.29) is 54.2 Å².